The second-order valence-corrected chi connectivity index (χ2v) is 7.95. The highest BCUT2D eigenvalue weighted by atomic mass is 32.1. The SMILES string of the molecule is COc1cc(C(=O)NCCC(=O)Nc2nc3c(C)cc(C)cc3s2)cc(OC)c1OC. The summed E-state index contributed by atoms with van der Waals surface area (Å²) in [4.78, 5) is 29.3. The minimum atomic E-state index is -0.349. The van der Waals surface area contributed by atoms with Crippen LogP contribution in [0.5, 0.6) is 17.2 Å². The van der Waals surface area contributed by atoms with Crippen LogP contribution in [-0.2, 0) is 4.79 Å². The van der Waals surface area contributed by atoms with E-state index in [-0.39, 0.29) is 24.8 Å². The van der Waals surface area contributed by atoms with E-state index in [0.29, 0.717) is 27.9 Å². The van der Waals surface area contributed by atoms with Crippen LogP contribution in [-0.4, -0.2) is 44.7 Å². The molecular formula is C22H25N3O5S. The van der Waals surface area contributed by atoms with Gasteiger partial charge in [-0.05, 0) is 43.2 Å². The molecule has 2 N–H and O–H groups in total. The minimum absolute atomic E-state index is 0.115. The third kappa shape index (κ3) is 5.05. The Labute approximate surface area is 184 Å². The fourth-order valence-electron chi connectivity index (χ4n) is 3.21. The molecule has 8 nitrogen and oxygen atoms in total. The van der Waals surface area contributed by atoms with E-state index in [1.54, 1.807) is 12.1 Å². The van der Waals surface area contributed by atoms with Crippen molar-refractivity contribution >= 4 is 38.5 Å². The molecule has 0 unspecified atom stereocenters. The van der Waals surface area contributed by atoms with Crippen LogP contribution in [0.15, 0.2) is 24.3 Å². The van der Waals surface area contributed by atoms with Crippen LogP contribution < -0.4 is 24.8 Å². The van der Waals surface area contributed by atoms with Crippen LogP contribution in [0.1, 0.15) is 27.9 Å². The summed E-state index contributed by atoms with van der Waals surface area (Å²) >= 11 is 1.43. The van der Waals surface area contributed by atoms with Gasteiger partial charge in [0.1, 0.15) is 0 Å². The standard InChI is InChI=1S/C22H25N3O5S/c1-12-8-13(2)19-17(9-12)31-22(25-19)24-18(26)6-7-23-21(27)14-10-15(28-3)20(30-5)16(11-14)29-4/h8-11H,6-7H2,1-5H3,(H,23,27)(H,24,25,26). The van der Waals surface area contributed by atoms with Crippen LogP contribution in [0, 0.1) is 13.8 Å². The van der Waals surface area contributed by atoms with Crippen LogP contribution in [0.2, 0.25) is 0 Å². The van der Waals surface area contributed by atoms with Gasteiger partial charge in [-0.3, -0.25) is 9.59 Å². The maximum atomic E-state index is 12.5. The average Bonchev–Trinajstić information content (AvgIpc) is 3.14. The second kappa shape index (κ2) is 9.65. The van der Waals surface area contributed by atoms with Gasteiger partial charge in [0.25, 0.3) is 5.91 Å². The number of aryl methyl sites for hydroxylation is 2. The molecular weight excluding hydrogens is 418 g/mol. The summed E-state index contributed by atoms with van der Waals surface area (Å²) in [6.45, 7) is 4.20. The number of ether oxygens (including phenoxy) is 3. The first-order valence-electron chi connectivity index (χ1n) is 9.62. The molecule has 2 aromatic carbocycles. The first-order valence-corrected chi connectivity index (χ1v) is 10.4. The number of rotatable bonds is 8. The van der Waals surface area contributed by atoms with Crippen molar-refractivity contribution in [3.8, 4) is 17.2 Å². The van der Waals surface area contributed by atoms with Crippen LogP contribution in [0.25, 0.3) is 10.2 Å². The first-order chi connectivity index (χ1) is 14.9. The molecule has 0 aliphatic carbocycles. The number of anilines is 1. The topological polar surface area (TPSA) is 98.8 Å². The molecule has 1 aromatic heterocycles. The molecule has 0 bridgehead atoms. The van der Waals surface area contributed by atoms with Gasteiger partial charge < -0.3 is 24.8 Å². The molecule has 0 spiro atoms. The Morgan fingerprint density at radius 1 is 1.00 bits per heavy atom. The number of carbonyl (C=O) groups is 2. The van der Waals surface area contributed by atoms with E-state index in [2.05, 4.69) is 21.7 Å². The highest BCUT2D eigenvalue weighted by Gasteiger charge is 2.17. The Morgan fingerprint density at radius 2 is 1.68 bits per heavy atom. The monoisotopic (exact) mass is 443 g/mol. The third-order valence-electron chi connectivity index (χ3n) is 4.64. The molecule has 3 aromatic rings. The Bertz CT molecular complexity index is 1100. The summed E-state index contributed by atoms with van der Waals surface area (Å²) in [6.07, 6.45) is 0.115. The lowest BCUT2D eigenvalue weighted by atomic mass is 10.1. The number of benzene rings is 2. The molecule has 31 heavy (non-hydrogen) atoms. The maximum Gasteiger partial charge on any atom is 0.251 e. The van der Waals surface area contributed by atoms with Crippen LogP contribution >= 0.6 is 11.3 Å². The number of fused-ring (bicyclic) bond motifs is 1. The van der Waals surface area contributed by atoms with E-state index in [1.165, 1.54) is 32.7 Å². The molecule has 1 heterocycles. The minimum Gasteiger partial charge on any atom is -0.493 e. The fraction of sp³-hybridized carbons (Fsp3) is 0.318. The highest BCUT2D eigenvalue weighted by Crippen LogP contribution is 2.38. The quantitative estimate of drug-likeness (QED) is 0.551. The van der Waals surface area contributed by atoms with Crippen molar-refractivity contribution in [1.82, 2.24) is 10.3 Å². The zero-order chi connectivity index (χ0) is 22.5. The number of aromatic nitrogens is 1. The Kier molecular flexibility index (Phi) is 6.96. The molecule has 3 rings (SSSR count). The third-order valence-corrected chi connectivity index (χ3v) is 5.56. The van der Waals surface area contributed by atoms with Crippen molar-refractivity contribution in [2.45, 2.75) is 20.3 Å². The maximum absolute atomic E-state index is 12.5. The van der Waals surface area contributed by atoms with Crippen molar-refractivity contribution in [3.05, 3.63) is 41.0 Å². The van der Waals surface area contributed by atoms with E-state index >= 15 is 0 Å². The zero-order valence-corrected chi connectivity index (χ0v) is 18.9. The van der Waals surface area contributed by atoms with Gasteiger partial charge >= 0.3 is 0 Å². The van der Waals surface area contributed by atoms with Crippen molar-refractivity contribution in [3.63, 3.8) is 0 Å². The van der Waals surface area contributed by atoms with Crippen molar-refractivity contribution < 1.29 is 23.8 Å². The van der Waals surface area contributed by atoms with Gasteiger partial charge in [-0.25, -0.2) is 4.98 Å². The van der Waals surface area contributed by atoms with Gasteiger partial charge in [-0.15, -0.1) is 0 Å². The van der Waals surface area contributed by atoms with Gasteiger partial charge in [0.15, 0.2) is 16.6 Å². The molecule has 0 saturated heterocycles. The summed E-state index contributed by atoms with van der Waals surface area (Å²) in [6, 6.07) is 7.23. The van der Waals surface area contributed by atoms with Gasteiger partial charge in [-0.2, -0.15) is 0 Å². The summed E-state index contributed by atoms with van der Waals surface area (Å²) in [7, 11) is 4.45. The summed E-state index contributed by atoms with van der Waals surface area (Å²) in [5, 5.41) is 6.08. The number of nitrogens with one attached hydrogen (secondary N) is 2. The Balaban J connectivity index is 1.59. The number of thiazole rings is 1. The smallest absolute Gasteiger partial charge is 0.251 e. The fourth-order valence-corrected chi connectivity index (χ4v) is 4.27. The summed E-state index contributed by atoms with van der Waals surface area (Å²) in [5.41, 5.74) is 3.46. The molecule has 9 heteroatoms. The van der Waals surface area contributed by atoms with Gasteiger partial charge in [0.2, 0.25) is 11.7 Å². The number of methoxy groups -OCH3 is 3. The van der Waals surface area contributed by atoms with Gasteiger partial charge in [0, 0.05) is 18.5 Å². The van der Waals surface area contributed by atoms with Crippen molar-refractivity contribution in [2.24, 2.45) is 0 Å². The highest BCUT2D eigenvalue weighted by molar-refractivity contribution is 7.22. The van der Waals surface area contributed by atoms with E-state index < -0.39 is 0 Å². The predicted molar refractivity (Wildman–Crippen MR) is 121 cm³/mol. The predicted octanol–water partition coefficient (Wildman–Crippen LogP) is 3.70. The summed E-state index contributed by atoms with van der Waals surface area (Å²) < 4.78 is 16.8. The van der Waals surface area contributed by atoms with E-state index in [1.807, 2.05) is 19.9 Å². The van der Waals surface area contributed by atoms with E-state index in [9.17, 15) is 9.59 Å². The number of carbonyl (C=O) groups excluding carboxylic acids is 2. The van der Waals surface area contributed by atoms with E-state index in [0.717, 1.165) is 21.3 Å². The molecule has 0 atom stereocenters. The second-order valence-electron chi connectivity index (χ2n) is 6.92. The Morgan fingerprint density at radius 3 is 2.29 bits per heavy atom. The lowest BCUT2D eigenvalue weighted by molar-refractivity contribution is -0.116. The van der Waals surface area contributed by atoms with Crippen molar-refractivity contribution in [2.75, 3.05) is 33.2 Å². The molecule has 0 radical (unpaired) electrons. The number of amides is 2. The molecule has 0 aliphatic rings. The molecule has 0 fully saturated rings. The summed E-state index contributed by atoms with van der Waals surface area (Å²) in [5.74, 6) is 0.594. The average molecular weight is 444 g/mol. The largest absolute Gasteiger partial charge is 0.493 e. The normalized spacial score (nSPS) is 10.6. The molecule has 0 saturated carbocycles. The molecule has 164 valence electrons. The first kappa shape index (κ1) is 22.4. The molecule has 2 amide bonds. The lowest BCUT2D eigenvalue weighted by Gasteiger charge is -2.14. The number of hydrogen-bond acceptors (Lipinski definition) is 7. The zero-order valence-electron chi connectivity index (χ0n) is 18.1. The van der Waals surface area contributed by atoms with Gasteiger partial charge in [-0.1, -0.05) is 17.4 Å². The van der Waals surface area contributed by atoms with E-state index in [4.69, 9.17) is 14.2 Å². The number of hydrogen-bond donors (Lipinski definition) is 2. The number of nitrogens with zero attached hydrogens (tertiary/aromatic N) is 1. The van der Waals surface area contributed by atoms with Gasteiger partial charge in [0.05, 0.1) is 31.5 Å². The van der Waals surface area contributed by atoms with Crippen LogP contribution in [0.3, 0.4) is 0 Å². The lowest BCUT2D eigenvalue weighted by Crippen LogP contribution is -2.27. The Hall–Kier alpha value is -3.33. The van der Waals surface area contributed by atoms with Crippen LogP contribution in [0.4, 0.5) is 5.13 Å². The van der Waals surface area contributed by atoms with Crippen molar-refractivity contribution in [1.29, 1.82) is 0 Å². The molecule has 0 aliphatic heterocycles.